The average molecular weight is 206 g/mol. The van der Waals surface area contributed by atoms with Gasteiger partial charge in [0.05, 0.1) is 26.4 Å². The summed E-state index contributed by atoms with van der Waals surface area (Å²) in [5, 5.41) is 0. The third-order valence-corrected chi connectivity index (χ3v) is 2.70. The lowest BCUT2D eigenvalue weighted by Crippen LogP contribution is -2.43. The third-order valence-electron chi connectivity index (χ3n) is 2.70. The zero-order valence-electron chi connectivity index (χ0n) is 9.45. The minimum Gasteiger partial charge on any atom is -0.380 e. The minimum atomic E-state index is 0.254. The highest BCUT2D eigenvalue weighted by Gasteiger charge is 2.33. The minimum absolute atomic E-state index is 0.254. The van der Waals surface area contributed by atoms with Crippen LogP contribution in [0.2, 0.25) is 0 Å². The molecule has 2 heteroatoms. The molecule has 1 aliphatic heterocycles. The fourth-order valence-corrected chi connectivity index (χ4v) is 1.75. The van der Waals surface area contributed by atoms with Crippen molar-refractivity contribution < 1.29 is 9.47 Å². The fourth-order valence-electron chi connectivity index (χ4n) is 1.75. The molecule has 0 radical (unpaired) electrons. The van der Waals surface area contributed by atoms with Gasteiger partial charge >= 0.3 is 0 Å². The van der Waals surface area contributed by atoms with Crippen LogP contribution in [0.3, 0.4) is 0 Å². The van der Waals surface area contributed by atoms with Crippen LogP contribution < -0.4 is 0 Å². The first-order chi connectivity index (χ1) is 7.18. The molecule has 0 N–H and O–H groups in total. The van der Waals surface area contributed by atoms with E-state index in [-0.39, 0.29) is 5.41 Å². The monoisotopic (exact) mass is 206 g/mol. The topological polar surface area (TPSA) is 18.5 Å². The Balaban J connectivity index is 1.78. The van der Waals surface area contributed by atoms with Gasteiger partial charge in [0, 0.05) is 5.41 Å². The average Bonchev–Trinajstić information content (AvgIpc) is 2.15. The summed E-state index contributed by atoms with van der Waals surface area (Å²) in [6.07, 6.45) is 0. The number of hydrogen-bond acceptors (Lipinski definition) is 2. The van der Waals surface area contributed by atoms with E-state index < -0.39 is 0 Å². The summed E-state index contributed by atoms with van der Waals surface area (Å²) in [6, 6.07) is 8.44. The van der Waals surface area contributed by atoms with E-state index in [9.17, 15) is 0 Å². The summed E-state index contributed by atoms with van der Waals surface area (Å²) in [4.78, 5) is 0. The van der Waals surface area contributed by atoms with Crippen molar-refractivity contribution in [2.24, 2.45) is 5.41 Å². The van der Waals surface area contributed by atoms with Crippen molar-refractivity contribution >= 4 is 0 Å². The first kappa shape index (κ1) is 10.7. The lowest BCUT2D eigenvalue weighted by atomic mass is 9.90. The second-order valence-corrected chi connectivity index (χ2v) is 4.79. The molecule has 1 saturated heterocycles. The molecular weight excluding hydrogens is 188 g/mol. The third kappa shape index (κ3) is 2.80. The molecule has 1 fully saturated rings. The molecule has 0 aromatic heterocycles. The molecule has 1 aromatic rings. The maximum absolute atomic E-state index is 5.70. The first-order valence-electron chi connectivity index (χ1n) is 5.39. The summed E-state index contributed by atoms with van der Waals surface area (Å²) in [5.41, 5.74) is 2.79. The van der Waals surface area contributed by atoms with Gasteiger partial charge in [0.15, 0.2) is 0 Å². The van der Waals surface area contributed by atoms with Gasteiger partial charge in [-0.05, 0) is 12.5 Å². The predicted octanol–water partition coefficient (Wildman–Crippen LogP) is 2.55. The van der Waals surface area contributed by atoms with Gasteiger partial charge in [0.2, 0.25) is 0 Å². The Kier molecular flexibility index (Phi) is 3.08. The highest BCUT2D eigenvalue weighted by molar-refractivity contribution is 5.21. The molecule has 2 nitrogen and oxygen atoms in total. The Morgan fingerprint density at radius 3 is 2.80 bits per heavy atom. The summed E-state index contributed by atoms with van der Waals surface area (Å²) >= 11 is 0. The van der Waals surface area contributed by atoms with E-state index >= 15 is 0 Å². The van der Waals surface area contributed by atoms with Crippen molar-refractivity contribution in [2.75, 3.05) is 19.8 Å². The predicted molar refractivity (Wildman–Crippen MR) is 59.8 cm³/mol. The van der Waals surface area contributed by atoms with Crippen LogP contribution >= 0.6 is 0 Å². The Labute approximate surface area is 91.2 Å². The van der Waals surface area contributed by atoms with Crippen molar-refractivity contribution in [3.63, 3.8) is 0 Å². The van der Waals surface area contributed by atoms with E-state index in [1.165, 1.54) is 11.1 Å². The summed E-state index contributed by atoms with van der Waals surface area (Å²) in [6.45, 7) is 7.47. The van der Waals surface area contributed by atoms with Gasteiger partial charge in [0.1, 0.15) is 0 Å². The van der Waals surface area contributed by atoms with E-state index in [4.69, 9.17) is 9.47 Å². The van der Waals surface area contributed by atoms with Crippen LogP contribution in [0.15, 0.2) is 24.3 Å². The molecule has 0 bridgehead atoms. The molecule has 1 heterocycles. The van der Waals surface area contributed by atoms with Crippen LogP contribution in [-0.2, 0) is 16.1 Å². The number of aryl methyl sites for hydroxylation is 1. The van der Waals surface area contributed by atoms with Crippen molar-refractivity contribution in [2.45, 2.75) is 20.5 Å². The van der Waals surface area contributed by atoms with Crippen LogP contribution in [0.1, 0.15) is 18.1 Å². The molecule has 0 spiro atoms. The Morgan fingerprint density at radius 1 is 1.40 bits per heavy atom. The molecule has 0 unspecified atom stereocenters. The van der Waals surface area contributed by atoms with Gasteiger partial charge in [-0.25, -0.2) is 0 Å². The maximum atomic E-state index is 5.70. The molecule has 0 amide bonds. The highest BCUT2D eigenvalue weighted by atomic mass is 16.5. The molecule has 0 aliphatic carbocycles. The van der Waals surface area contributed by atoms with Gasteiger partial charge in [0.25, 0.3) is 0 Å². The van der Waals surface area contributed by atoms with Crippen molar-refractivity contribution in [3.05, 3.63) is 35.4 Å². The summed E-state index contributed by atoms with van der Waals surface area (Å²) in [7, 11) is 0. The lowest BCUT2D eigenvalue weighted by Gasteiger charge is -2.37. The quantitative estimate of drug-likeness (QED) is 0.753. The highest BCUT2D eigenvalue weighted by Crippen LogP contribution is 2.26. The van der Waals surface area contributed by atoms with Gasteiger partial charge < -0.3 is 9.47 Å². The fraction of sp³-hybridized carbons (Fsp3) is 0.538. The first-order valence-corrected chi connectivity index (χ1v) is 5.39. The number of rotatable bonds is 4. The smallest absolute Gasteiger partial charge is 0.0717 e. The number of benzene rings is 1. The zero-order chi connectivity index (χ0) is 10.7. The number of ether oxygens (including phenoxy) is 2. The second kappa shape index (κ2) is 4.33. The van der Waals surface area contributed by atoms with Crippen LogP contribution in [0.25, 0.3) is 0 Å². The Morgan fingerprint density at radius 2 is 2.20 bits per heavy atom. The Hall–Kier alpha value is -0.860. The molecule has 0 atom stereocenters. The molecule has 1 aromatic carbocycles. The zero-order valence-corrected chi connectivity index (χ0v) is 9.45. The van der Waals surface area contributed by atoms with Crippen molar-refractivity contribution in [1.82, 2.24) is 0 Å². The van der Waals surface area contributed by atoms with E-state index in [1.807, 2.05) is 0 Å². The molecular formula is C13H18O2. The molecule has 2 rings (SSSR count). The SMILES string of the molecule is Cc1cccc(COCC2(C)COC2)c1. The van der Waals surface area contributed by atoms with Gasteiger partial charge in [-0.3, -0.25) is 0 Å². The van der Waals surface area contributed by atoms with Gasteiger partial charge in [-0.2, -0.15) is 0 Å². The van der Waals surface area contributed by atoms with Crippen LogP contribution in [-0.4, -0.2) is 19.8 Å². The van der Waals surface area contributed by atoms with E-state index in [0.717, 1.165) is 19.8 Å². The standard InChI is InChI=1S/C13H18O2/c1-11-4-3-5-12(6-11)7-14-8-13(2)9-15-10-13/h3-6H,7-10H2,1-2H3. The van der Waals surface area contributed by atoms with Gasteiger partial charge in [-0.15, -0.1) is 0 Å². The Bertz CT molecular complexity index is 329. The summed E-state index contributed by atoms with van der Waals surface area (Å²) < 4.78 is 10.9. The van der Waals surface area contributed by atoms with Crippen molar-refractivity contribution in [3.8, 4) is 0 Å². The summed E-state index contributed by atoms with van der Waals surface area (Å²) in [5.74, 6) is 0. The van der Waals surface area contributed by atoms with Crippen LogP contribution in [0.4, 0.5) is 0 Å². The van der Waals surface area contributed by atoms with E-state index in [1.54, 1.807) is 0 Å². The van der Waals surface area contributed by atoms with E-state index in [0.29, 0.717) is 6.61 Å². The molecule has 82 valence electrons. The number of hydrogen-bond donors (Lipinski definition) is 0. The van der Waals surface area contributed by atoms with Crippen LogP contribution in [0, 0.1) is 12.3 Å². The van der Waals surface area contributed by atoms with Crippen LogP contribution in [0.5, 0.6) is 0 Å². The normalized spacial score (nSPS) is 18.5. The second-order valence-electron chi connectivity index (χ2n) is 4.79. The van der Waals surface area contributed by atoms with Gasteiger partial charge in [-0.1, -0.05) is 36.8 Å². The molecule has 15 heavy (non-hydrogen) atoms. The molecule has 0 saturated carbocycles. The lowest BCUT2D eigenvalue weighted by molar-refractivity contribution is -0.140. The molecule has 1 aliphatic rings. The van der Waals surface area contributed by atoms with Crippen molar-refractivity contribution in [1.29, 1.82) is 0 Å². The van der Waals surface area contributed by atoms with E-state index in [2.05, 4.69) is 38.1 Å². The largest absolute Gasteiger partial charge is 0.380 e. The maximum Gasteiger partial charge on any atom is 0.0717 e.